The first-order valence-corrected chi connectivity index (χ1v) is 9.07. The Morgan fingerprint density at radius 1 is 1.34 bits per heavy atom. The normalized spacial score (nSPS) is 19.5. The Morgan fingerprint density at radius 3 is 2.97 bits per heavy atom. The molecule has 0 aliphatic carbocycles. The van der Waals surface area contributed by atoms with E-state index in [1.54, 1.807) is 24.3 Å². The molecule has 0 unspecified atom stereocenters. The number of carbonyl (C=O) groups is 2. The monoisotopic (exact) mass is 398 g/mol. The average Bonchev–Trinajstić information content (AvgIpc) is 3.08. The fourth-order valence-corrected chi connectivity index (χ4v) is 3.43. The van der Waals surface area contributed by atoms with E-state index in [1.165, 1.54) is 23.1 Å². The van der Waals surface area contributed by atoms with Crippen LogP contribution in [0.5, 0.6) is 0 Å². The number of nitrogens with one attached hydrogen (secondary N) is 3. The van der Waals surface area contributed by atoms with Gasteiger partial charge in [0.1, 0.15) is 11.7 Å². The van der Waals surface area contributed by atoms with Crippen molar-refractivity contribution in [3.05, 3.63) is 59.4 Å². The first kappa shape index (κ1) is 19.0. The van der Waals surface area contributed by atoms with Crippen LogP contribution < -0.4 is 15.5 Å². The fourth-order valence-electron chi connectivity index (χ4n) is 3.43. The van der Waals surface area contributed by atoms with Crippen molar-refractivity contribution in [3.8, 4) is 0 Å². The number of benzene rings is 2. The molecular weight excluding hydrogens is 379 g/mol. The number of morpholine rings is 1. The quantitative estimate of drug-likeness (QED) is 0.613. The zero-order valence-electron chi connectivity index (χ0n) is 15.3. The number of halogens is 1. The zero-order valence-corrected chi connectivity index (χ0v) is 15.3. The minimum absolute atomic E-state index is 0.101. The molecule has 0 aromatic heterocycles. The lowest BCUT2D eigenvalue weighted by molar-refractivity contribution is -0.150. The van der Waals surface area contributed by atoms with Gasteiger partial charge in [0.25, 0.3) is 11.8 Å². The molecule has 0 spiro atoms. The molecule has 2 heterocycles. The lowest BCUT2D eigenvalue weighted by Gasteiger charge is -2.34. The van der Waals surface area contributed by atoms with E-state index >= 15 is 0 Å². The van der Waals surface area contributed by atoms with Crippen molar-refractivity contribution in [2.24, 2.45) is 0 Å². The predicted octanol–water partition coefficient (Wildman–Crippen LogP) is 0.986. The highest BCUT2D eigenvalue weighted by Crippen LogP contribution is 2.23. The molecule has 2 aromatic carbocycles. The highest BCUT2D eigenvalue weighted by atomic mass is 19.1. The van der Waals surface area contributed by atoms with Gasteiger partial charge >= 0.3 is 0 Å². The van der Waals surface area contributed by atoms with E-state index < -0.39 is 29.8 Å². The summed E-state index contributed by atoms with van der Waals surface area (Å²) in [6.45, 7) is 0.772. The Morgan fingerprint density at radius 2 is 2.17 bits per heavy atom. The van der Waals surface area contributed by atoms with Crippen molar-refractivity contribution in [1.29, 1.82) is 5.41 Å². The third kappa shape index (κ3) is 3.69. The third-order valence-electron chi connectivity index (χ3n) is 4.89. The Hall–Kier alpha value is -3.30. The van der Waals surface area contributed by atoms with Crippen molar-refractivity contribution in [3.63, 3.8) is 0 Å². The van der Waals surface area contributed by atoms with Gasteiger partial charge in [-0.15, -0.1) is 0 Å². The van der Waals surface area contributed by atoms with Crippen LogP contribution in [0.1, 0.15) is 11.1 Å². The molecule has 2 amide bonds. The number of amidine groups is 1. The van der Waals surface area contributed by atoms with E-state index in [0.29, 0.717) is 23.8 Å². The van der Waals surface area contributed by atoms with Crippen LogP contribution in [0.4, 0.5) is 15.8 Å². The second-order valence-electron chi connectivity index (χ2n) is 6.80. The number of aliphatic hydroxyl groups excluding tert-OH is 1. The van der Waals surface area contributed by atoms with E-state index in [0.717, 1.165) is 11.1 Å². The van der Waals surface area contributed by atoms with Crippen LogP contribution in [0.2, 0.25) is 0 Å². The third-order valence-corrected chi connectivity index (χ3v) is 4.89. The second kappa shape index (κ2) is 7.61. The van der Waals surface area contributed by atoms with Gasteiger partial charge in [-0.2, -0.15) is 0 Å². The highest BCUT2D eigenvalue weighted by molar-refractivity contribution is 6.04. The standard InChI is InChI=1S/C20H19FN4O4/c21-12-2-1-3-14(9-12)25-6-7-29-17(20(25)28)16(26)19(27)24-13-4-5-15-11(8-13)10-23-18(15)22/h1-5,8-9,16-17,26H,6-7,10H2,(H2,22,23)(H,24,27)/t16-,17-/m1/s1. The molecule has 150 valence electrons. The van der Waals surface area contributed by atoms with Gasteiger partial charge in [0.15, 0.2) is 12.2 Å². The largest absolute Gasteiger partial charge is 0.380 e. The number of carbonyl (C=O) groups excluding carboxylic acids is 2. The number of rotatable bonds is 4. The molecule has 29 heavy (non-hydrogen) atoms. The van der Waals surface area contributed by atoms with Crippen molar-refractivity contribution in [1.82, 2.24) is 5.32 Å². The van der Waals surface area contributed by atoms with Crippen LogP contribution in [0.3, 0.4) is 0 Å². The zero-order chi connectivity index (χ0) is 20.5. The minimum atomic E-state index is -1.73. The number of anilines is 2. The second-order valence-corrected chi connectivity index (χ2v) is 6.80. The average molecular weight is 398 g/mol. The summed E-state index contributed by atoms with van der Waals surface area (Å²) in [5, 5.41) is 23.6. The highest BCUT2D eigenvalue weighted by Gasteiger charge is 2.39. The van der Waals surface area contributed by atoms with Crippen molar-refractivity contribution in [2.45, 2.75) is 18.8 Å². The van der Waals surface area contributed by atoms with Crippen molar-refractivity contribution < 1.29 is 23.8 Å². The number of aliphatic hydroxyl groups is 1. The van der Waals surface area contributed by atoms with Gasteiger partial charge in [-0.1, -0.05) is 6.07 Å². The smallest absolute Gasteiger partial charge is 0.259 e. The van der Waals surface area contributed by atoms with E-state index in [1.807, 2.05) is 0 Å². The first-order valence-electron chi connectivity index (χ1n) is 9.07. The maximum Gasteiger partial charge on any atom is 0.259 e. The van der Waals surface area contributed by atoms with E-state index in [2.05, 4.69) is 10.6 Å². The minimum Gasteiger partial charge on any atom is -0.380 e. The van der Waals surface area contributed by atoms with Gasteiger partial charge in [-0.3, -0.25) is 15.0 Å². The Balaban J connectivity index is 1.47. The molecule has 0 radical (unpaired) electrons. The number of amides is 2. The van der Waals surface area contributed by atoms with E-state index in [-0.39, 0.29) is 13.2 Å². The summed E-state index contributed by atoms with van der Waals surface area (Å²) >= 11 is 0. The molecule has 9 heteroatoms. The van der Waals surface area contributed by atoms with Crippen molar-refractivity contribution in [2.75, 3.05) is 23.4 Å². The topological polar surface area (TPSA) is 115 Å². The molecule has 0 saturated carbocycles. The number of hydrogen-bond acceptors (Lipinski definition) is 5. The van der Waals surface area contributed by atoms with E-state index in [9.17, 15) is 19.1 Å². The Bertz CT molecular complexity index is 996. The molecule has 1 fully saturated rings. The Kier molecular flexibility index (Phi) is 4.99. The lowest BCUT2D eigenvalue weighted by atomic mass is 10.1. The molecule has 0 bridgehead atoms. The van der Waals surface area contributed by atoms with Crippen LogP contribution in [-0.2, 0) is 20.9 Å². The molecule has 1 saturated heterocycles. The summed E-state index contributed by atoms with van der Waals surface area (Å²) in [7, 11) is 0. The van der Waals surface area contributed by atoms with Crippen LogP contribution in [-0.4, -0.2) is 48.1 Å². The molecule has 2 aromatic rings. The number of hydrogen-bond donors (Lipinski definition) is 4. The van der Waals surface area contributed by atoms with Crippen LogP contribution >= 0.6 is 0 Å². The molecule has 4 N–H and O–H groups in total. The molecule has 2 aliphatic rings. The summed E-state index contributed by atoms with van der Waals surface area (Å²) in [5.41, 5.74) is 2.38. The van der Waals surface area contributed by atoms with Crippen LogP contribution in [0, 0.1) is 11.2 Å². The van der Waals surface area contributed by atoms with Gasteiger partial charge in [0, 0.05) is 30.0 Å². The molecule has 2 atom stereocenters. The van der Waals surface area contributed by atoms with Gasteiger partial charge in [0.05, 0.1) is 6.61 Å². The van der Waals surface area contributed by atoms with Crippen LogP contribution in [0.15, 0.2) is 42.5 Å². The number of nitrogens with zero attached hydrogens (tertiary/aromatic N) is 1. The van der Waals surface area contributed by atoms with Gasteiger partial charge < -0.3 is 25.4 Å². The SMILES string of the molecule is N=C1NCc2cc(NC(=O)[C@H](O)[C@H]3OCCN(c4cccc(F)c4)C3=O)ccc21. The molecule has 4 rings (SSSR count). The number of fused-ring (bicyclic) bond motifs is 1. The van der Waals surface area contributed by atoms with Gasteiger partial charge in [0.2, 0.25) is 0 Å². The van der Waals surface area contributed by atoms with Crippen LogP contribution in [0.25, 0.3) is 0 Å². The maximum absolute atomic E-state index is 13.5. The molecule has 2 aliphatic heterocycles. The molecule has 8 nitrogen and oxygen atoms in total. The maximum atomic E-state index is 13.5. The predicted molar refractivity (Wildman–Crippen MR) is 103 cm³/mol. The Labute approximate surface area is 165 Å². The summed E-state index contributed by atoms with van der Waals surface area (Å²) in [5.74, 6) is -1.58. The fraction of sp³-hybridized carbons (Fsp3) is 0.250. The number of ether oxygens (including phenoxy) is 1. The molecular formula is C20H19FN4O4. The van der Waals surface area contributed by atoms with Gasteiger partial charge in [-0.05, 0) is 42.0 Å². The summed E-state index contributed by atoms with van der Waals surface area (Å²) in [6.07, 6.45) is -3.13. The van der Waals surface area contributed by atoms with E-state index in [4.69, 9.17) is 10.1 Å². The summed E-state index contributed by atoms with van der Waals surface area (Å²) in [4.78, 5) is 26.5. The lowest BCUT2D eigenvalue weighted by Crippen LogP contribution is -2.55. The first-order chi connectivity index (χ1) is 13.9. The van der Waals surface area contributed by atoms with Crippen molar-refractivity contribution >= 4 is 29.0 Å². The summed E-state index contributed by atoms with van der Waals surface area (Å²) in [6, 6.07) is 10.6. The van der Waals surface area contributed by atoms with Gasteiger partial charge in [-0.25, -0.2) is 4.39 Å². The summed E-state index contributed by atoms with van der Waals surface area (Å²) < 4.78 is 18.8.